The van der Waals surface area contributed by atoms with Gasteiger partial charge < -0.3 is 24.8 Å². The summed E-state index contributed by atoms with van der Waals surface area (Å²) in [7, 11) is 0. The normalized spacial score (nSPS) is 12.8. The number of hydrogen-bond acceptors (Lipinski definition) is 0. The van der Waals surface area contributed by atoms with E-state index in [1.807, 2.05) is 0 Å². The SMILES string of the molecule is CC(C)(C)c1cc2c(cc1-c1ccccc1-c1ccccc1)[CH]([Zr+2]([C]1=CC=CC1)=[C](Cc1ccccc1)Cc1ccccc1)c1cc(-c3ccccc3-c3ccccc3)c(C(C)(C)C)cc1-2.[Cl-].[Cl-]. The Morgan fingerprint density at radius 1 is 0.426 bits per heavy atom. The molecule has 3 heteroatoms. The predicted octanol–water partition coefficient (Wildman–Crippen LogP) is 11.1. The Morgan fingerprint density at radius 2 is 0.794 bits per heavy atom. The smallest absolute Gasteiger partial charge is 1.00 e. The zero-order valence-electron chi connectivity index (χ0n) is 40.2. The van der Waals surface area contributed by atoms with Crippen molar-refractivity contribution in [1.29, 1.82) is 0 Å². The van der Waals surface area contributed by atoms with Crippen LogP contribution in [0.2, 0.25) is 0 Å². The zero-order valence-corrected chi connectivity index (χ0v) is 44.1. The fourth-order valence-electron chi connectivity index (χ4n) is 10.7. The van der Waals surface area contributed by atoms with Crippen LogP contribution in [-0.4, -0.2) is 3.21 Å². The Bertz CT molecular complexity index is 2950. The van der Waals surface area contributed by atoms with Crippen molar-refractivity contribution in [2.75, 3.05) is 0 Å². The summed E-state index contributed by atoms with van der Waals surface area (Å²) in [5.41, 5.74) is 21.7. The fraction of sp³-hybridized carbons (Fsp3) is 0.185. The third-order valence-corrected chi connectivity index (χ3v) is 22.1. The predicted molar refractivity (Wildman–Crippen MR) is 280 cm³/mol. The van der Waals surface area contributed by atoms with Crippen LogP contribution in [0.15, 0.2) is 216 Å². The summed E-state index contributed by atoms with van der Waals surface area (Å²) >= 11 is -2.95. The second kappa shape index (κ2) is 20.7. The van der Waals surface area contributed by atoms with Gasteiger partial charge in [0.1, 0.15) is 0 Å². The Kier molecular flexibility index (Phi) is 14.9. The van der Waals surface area contributed by atoms with E-state index in [1.54, 1.807) is 6.49 Å². The van der Waals surface area contributed by atoms with Crippen LogP contribution in [0.3, 0.4) is 0 Å². The third-order valence-electron chi connectivity index (χ3n) is 13.8. The molecule has 8 aromatic carbocycles. The van der Waals surface area contributed by atoms with Crippen molar-refractivity contribution in [3.8, 4) is 55.6 Å². The van der Waals surface area contributed by atoms with Crippen LogP contribution in [0.4, 0.5) is 0 Å². The monoisotopic (exact) mass is 1000 g/mol. The zero-order chi connectivity index (χ0) is 45.4. The van der Waals surface area contributed by atoms with Crippen molar-refractivity contribution in [2.45, 2.75) is 75.3 Å². The average Bonchev–Trinajstić information content (AvgIpc) is 3.98. The standard InChI is InChI=1S/C45H41.C15H14.C5H5.2ClH.Zr/c1-44(2,3)42-28-38-32(26-40(42)36-23-15-13-21-34(36)30-17-9-7-10-18-30)25-33-27-41(43(29-39(33)38)45(4,5)6)37-24-16-14-22-35(37)31-19-11-8-12-20-31;1-3-8-14(9-4-1)12-7-13-15-10-5-2-6-11-15;1-2-4-5-3-1;;;/h7-29H,1-6H3;1-6,8-11H,12-13H2;1-3H,4H2;2*1H;/q;;;;;+2/p-2. The van der Waals surface area contributed by atoms with Gasteiger partial charge in [-0.3, -0.25) is 0 Å². The first kappa shape index (κ1) is 49.0. The Morgan fingerprint density at radius 3 is 1.16 bits per heavy atom. The Labute approximate surface area is 425 Å². The number of fused-ring (bicyclic) bond motifs is 3. The van der Waals surface area contributed by atoms with Crippen LogP contribution in [-0.2, 0) is 44.9 Å². The number of hydrogen-bond donors (Lipinski definition) is 0. The molecule has 0 saturated carbocycles. The first-order valence-electron chi connectivity index (χ1n) is 23.9. The Balaban J connectivity index is 0.00000312. The van der Waals surface area contributed by atoms with Crippen LogP contribution in [0.1, 0.15) is 85.0 Å². The molecule has 0 bridgehead atoms. The van der Waals surface area contributed by atoms with Crippen LogP contribution in [0.25, 0.3) is 55.6 Å². The summed E-state index contributed by atoms with van der Waals surface area (Å²) in [4.78, 5) is 0. The van der Waals surface area contributed by atoms with Gasteiger partial charge in [0.05, 0.1) is 0 Å². The molecule has 0 spiro atoms. The quantitative estimate of drug-likeness (QED) is 0.128. The van der Waals surface area contributed by atoms with E-state index in [1.165, 1.54) is 89.0 Å². The molecule has 0 saturated heterocycles. The molecule has 0 radical (unpaired) electrons. The molecule has 0 amide bonds. The van der Waals surface area contributed by atoms with Gasteiger partial charge in [-0.2, -0.15) is 0 Å². The van der Waals surface area contributed by atoms with Gasteiger partial charge in [-0.25, -0.2) is 0 Å². The molecule has 0 N–H and O–H groups in total. The number of allylic oxidation sites excluding steroid dienone is 4. The largest absolute Gasteiger partial charge is 1.00 e. The first-order chi connectivity index (χ1) is 32.0. The van der Waals surface area contributed by atoms with E-state index in [4.69, 9.17) is 0 Å². The van der Waals surface area contributed by atoms with Crippen molar-refractivity contribution < 1.29 is 46.1 Å². The van der Waals surface area contributed by atoms with Gasteiger partial charge >= 0.3 is 404 Å². The van der Waals surface area contributed by atoms with Gasteiger partial charge in [-0.15, -0.1) is 0 Å². The minimum Gasteiger partial charge on any atom is -1.00 e. The summed E-state index contributed by atoms with van der Waals surface area (Å²) in [5.74, 6) is 0. The van der Waals surface area contributed by atoms with Crippen molar-refractivity contribution in [3.63, 3.8) is 0 Å². The molecule has 2 aliphatic carbocycles. The van der Waals surface area contributed by atoms with Gasteiger partial charge in [-0.1, -0.05) is 0 Å². The van der Waals surface area contributed by atoms with Gasteiger partial charge in [0.25, 0.3) is 0 Å². The molecule has 0 aromatic heterocycles. The number of benzene rings is 8. The van der Waals surface area contributed by atoms with Gasteiger partial charge in [-0.05, 0) is 0 Å². The minimum absolute atomic E-state index is 0. The van der Waals surface area contributed by atoms with Crippen molar-refractivity contribution in [3.05, 3.63) is 249 Å². The third kappa shape index (κ3) is 9.87. The van der Waals surface area contributed by atoms with Gasteiger partial charge in [0, 0.05) is 0 Å². The molecular formula is C65H60Cl2Zr. The molecule has 0 atom stereocenters. The van der Waals surface area contributed by atoms with Crippen LogP contribution in [0.5, 0.6) is 0 Å². The van der Waals surface area contributed by atoms with E-state index in [-0.39, 0.29) is 39.3 Å². The summed E-state index contributed by atoms with van der Waals surface area (Å²) in [6.07, 6.45) is 10.3. The maximum absolute atomic E-state index is 2.95. The molecular weight excluding hydrogens is 943 g/mol. The van der Waals surface area contributed by atoms with E-state index in [0.717, 1.165) is 19.3 Å². The summed E-state index contributed by atoms with van der Waals surface area (Å²) < 4.78 is 3.73. The fourth-order valence-corrected chi connectivity index (χ4v) is 19.9. The second-order valence-electron chi connectivity index (χ2n) is 20.4. The summed E-state index contributed by atoms with van der Waals surface area (Å²) in [5, 5.41) is 0. The van der Waals surface area contributed by atoms with Crippen LogP contribution < -0.4 is 24.8 Å². The van der Waals surface area contributed by atoms with Crippen LogP contribution >= 0.6 is 0 Å². The van der Waals surface area contributed by atoms with E-state index in [2.05, 4.69) is 254 Å². The van der Waals surface area contributed by atoms with Gasteiger partial charge in [0.15, 0.2) is 0 Å². The molecule has 8 aromatic rings. The molecule has 10 rings (SSSR count). The summed E-state index contributed by atoms with van der Waals surface area (Å²) in [6.45, 7) is 14.4. The maximum atomic E-state index is 2.70. The molecule has 68 heavy (non-hydrogen) atoms. The van der Waals surface area contributed by atoms with Crippen molar-refractivity contribution in [1.82, 2.24) is 0 Å². The van der Waals surface area contributed by atoms with E-state index in [0.29, 0.717) is 0 Å². The first-order valence-corrected chi connectivity index (χ1v) is 27.7. The van der Waals surface area contributed by atoms with Crippen molar-refractivity contribution in [2.24, 2.45) is 0 Å². The minimum atomic E-state index is -2.95. The summed E-state index contributed by atoms with van der Waals surface area (Å²) in [6, 6.07) is 73.6. The topological polar surface area (TPSA) is 0 Å². The molecule has 0 unspecified atom stereocenters. The molecule has 2 aliphatic rings. The Hall–Kier alpha value is -5.43. The number of halogens is 2. The van der Waals surface area contributed by atoms with E-state index in [9.17, 15) is 0 Å². The molecule has 338 valence electrons. The van der Waals surface area contributed by atoms with Crippen molar-refractivity contribution >= 4 is 3.21 Å². The molecule has 0 fully saturated rings. The average molecular weight is 1000 g/mol. The maximum Gasteiger partial charge on any atom is -1.00 e. The number of rotatable bonds is 10. The second-order valence-corrected chi connectivity index (χ2v) is 27.2. The molecule has 0 nitrogen and oxygen atoms in total. The molecule has 0 aliphatic heterocycles. The van der Waals surface area contributed by atoms with E-state index < -0.39 is 21.3 Å². The van der Waals surface area contributed by atoms with E-state index >= 15 is 0 Å². The van der Waals surface area contributed by atoms with Gasteiger partial charge in [0.2, 0.25) is 0 Å². The molecule has 0 heterocycles. The van der Waals surface area contributed by atoms with Crippen LogP contribution in [0, 0.1) is 0 Å².